The quantitative estimate of drug-likeness (QED) is 0.383. The summed E-state index contributed by atoms with van der Waals surface area (Å²) < 4.78 is 0. The molecule has 160 valence electrons. The van der Waals surface area contributed by atoms with E-state index in [9.17, 15) is 19.5 Å². The van der Waals surface area contributed by atoms with Crippen LogP contribution in [0, 0.1) is 0 Å². The van der Waals surface area contributed by atoms with Gasteiger partial charge in [-0.2, -0.15) is 0 Å². The highest BCUT2D eigenvalue weighted by atomic mass is 16.4. The molecule has 0 saturated heterocycles. The summed E-state index contributed by atoms with van der Waals surface area (Å²) in [5, 5.41) is 9.34. The van der Waals surface area contributed by atoms with Crippen LogP contribution >= 0.6 is 0 Å². The number of ketones is 2. The molecule has 0 atom stereocenters. The number of aromatic carboxylic acids is 1. The predicted octanol–water partition coefficient (Wildman–Crippen LogP) is 6.33. The molecule has 5 rings (SSSR count). The number of hydrogen-bond donors (Lipinski definition) is 1. The van der Waals surface area contributed by atoms with Crippen molar-refractivity contribution in [1.29, 1.82) is 0 Å². The number of hydrogen-bond acceptors (Lipinski definition) is 3. The van der Waals surface area contributed by atoms with E-state index >= 15 is 0 Å². The third-order valence-electron chi connectivity index (χ3n) is 6.14. The zero-order valence-electron chi connectivity index (χ0n) is 18.0. The summed E-state index contributed by atoms with van der Waals surface area (Å²) in [6.45, 7) is 2.10. The number of fused-ring (bicyclic) bond motifs is 3. The molecule has 0 amide bonds. The lowest BCUT2D eigenvalue weighted by Gasteiger charge is -2.20. The first-order valence-corrected chi connectivity index (χ1v) is 10.8. The van der Waals surface area contributed by atoms with Gasteiger partial charge in [-0.3, -0.25) is 9.59 Å². The lowest BCUT2D eigenvalue weighted by Crippen LogP contribution is -2.21. The first-order chi connectivity index (χ1) is 16.0. The van der Waals surface area contributed by atoms with E-state index in [-0.39, 0.29) is 5.56 Å². The predicted molar refractivity (Wildman–Crippen MR) is 128 cm³/mol. The zero-order chi connectivity index (χ0) is 23.1. The molecule has 1 N–H and O–H groups in total. The van der Waals surface area contributed by atoms with E-state index in [1.165, 1.54) is 5.56 Å². The maximum absolute atomic E-state index is 12.8. The Balaban J connectivity index is 1.68. The summed E-state index contributed by atoms with van der Waals surface area (Å²) in [5.41, 5.74) is 7.09. The normalized spacial score (nSPS) is 12.3. The van der Waals surface area contributed by atoms with Crippen LogP contribution in [-0.2, 0) is 6.42 Å². The summed E-state index contributed by atoms with van der Waals surface area (Å²) in [6, 6.07) is 25.8. The van der Waals surface area contributed by atoms with Gasteiger partial charge in [0.15, 0.2) is 0 Å². The van der Waals surface area contributed by atoms with Crippen LogP contribution < -0.4 is 0 Å². The Morgan fingerprint density at radius 3 is 1.70 bits per heavy atom. The fourth-order valence-electron chi connectivity index (χ4n) is 4.34. The molecule has 0 spiro atoms. The first kappa shape index (κ1) is 20.6. The van der Waals surface area contributed by atoms with Gasteiger partial charge in [-0.25, -0.2) is 4.79 Å². The Hall–Kier alpha value is -4.31. The van der Waals surface area contributed by atoms with E-state index in [4.69, 9.17) is 0 Å². The maximum Gasteiger partial charge on any atom is 0.335 e. The summed E-state index contributed by atoms with van der Waals surface area (Å²) in [4.78, 5) is 37.0. The summed E-state index contributed by atoms with van der Waals surface area (Å²) in [7, 11) is 0. The molecule has 0 fully saturated rings. The molecule has 0 bridgehead atoms. The number of carboxylic acid groups (broad SMARTS) is 1. The minimum absolute atomic E-state index is 0.190. The second-order valence-corrected chi connectivity index (χ2v) is 8.12. The Labute approximate surface area is 191 Å². The average Bonchev–Trinajstić information content (AvgIpc) is 2.86. The van der Waals surface area contributed by atoms with Crippen LogP contribution in [0.15, 0.2) is 84.9 Å². The minimum atomic E-state index is -1.00. The van der Waals surface area contributed by atoms with E-state index in [2.05, 4.69) is 19.1 Å². The van der Waals surface area contributed by atoms with Gasteiger partial charge in [0.25, 0.3) is 0 Å². The number of carboxylic acids is 1. The highest BCUT2D eigenvalue weighted by Gasteiger charge is 2.30. The fourth-order valence-corrected chi connectivity index (χ4v) is 4.34. The van der Waals surface area contributed by atoms with E-state index in [0.717, 1.165) is 28.7 Å². The van der Waals surface area contributed by atoms with Crippen LogP contribution in [0.2, 0.25) is 0 Å². The number of benzene rings is 4. The largest absolute Gasteiger partial charge is 0.478 e. The van der Waals surface area contributed by atoms with Crippen molar-refractivity contribution < 1.29 is 19.5 Å². The third-order valence-corrected chi connectivity index (χ3v) is 6.14. The second kappa shape index (κ2) is 7.99. The van der Waals surface area contributed by atoms with Crippen LogP contribution in [0.4, 0.5) is 0 Å². The van der Waals surface area contributed by atoms with Gasteiger partial charge >= 0.3 is 5.97 Å². The van der Waals surface area contributed by atoms with Crippen molar-refractivity contribution in [2.24, 2.45) is 0 Å². The zero-order valence-corrected chi connectivity index (χ0v) is 18.0. The van der Waals surface area contributed by atoms with Crippen molar-refractivity contribution in [3.8, 4) is 33.4 Å². The first-order valence-electron chi connectivity index (χ1n) is 10.8. The topological polar surface area (TPSA) is 71.4 Å². The van der Waals surface area contributed by atoms with Crippen molar-refractivity contribution in [3.05, 3.63) is 107 Å². The standard InChI is InChI=1S/C29H20O4/c1-2-17-5-3-6-18(13-17)20-9-11-23-25(15-20)26-16-21(10-12-24(26)28(31)27(23)30)19-7-4-8-22(14-19)29(32)33/h3-16H,2H2,1H3,(H,32,33). The number of rotatable bonds is 4. The average molecular weight is 432 g/mol. The van der Waals surface area contributed by atoms with Gasteiger partial charge in [0, 0.05) is 11.1 Å². The maximum atomic E-state index is 12.8. The van der Waals surface area contributed by atoms with Gasteiger partial charge < -0.3 is 5.11 Å². The Morgan fingerprint density at radius 1 is 0.636 bits per heavy atom. The summed E-state index contributed by atoms with van der Waals surface area (Å²) in [5.74, 6) is -2.03. The lowest BCUT2D eigenvalue weighted by molar-refractivity contribution is 0.0696. The molecular weight excluding hydrogens is 412 g/mol. The summed E-state index contributed by atoms with van der Waals surface area (Å²) >= 11 is 0. The molecule has 4 nitrogen and oxygen atoms in total. The van der Waals surface area contributed by atoms with Gasteiger partial charge in [0.1, 0.15) is 0 Å². The van der Waals surface area contributed by atoms with Crippen LogP contribution in [0.5, 0.6) is 0 Å². The molecule has 0 heterocycles. The number of carbonyl (C=O) groups excluding carboxylic acids is 2. The molecule has 0 radical (unpaired) electrons. The molecule has 0 aliphatic heterocycles. The van der Waals surface area contributed by atoms with E-state index in [1.54, 1.807) is 36.4 Å². The van der Waals surface area contributed by atoms with Crippen molar-refractivity contribution in [2.45, 2.75) is 13.3 Å². The van der Waals surface area contributed by atoms with Crippen LogP contribution in [0.3, 0.4) is 0 Å². The molecule has 1 aliphatic carbocycles. The van der Waals surface area contributed by atoms with Gasteiger partial charge in [0.05, 0.1) is 5.56 Å². The lowest BCUT2D eigenvalue weighted by atomic mass is 9.81. The number of aryl methyl sites for hydroxylation is 1. The van der Waals surface area contributed by atoms with Crippen LogP contribution in [0.1, 0.15) is 43.6 Å². The van der Waals surface area contributed by atoms with Crippen LogP contribution in [0.25, 0.3) is 33.4 Å². The van der Waals surface area contributed by atoms with Crippen molar-refractivity contribution >= 4 is 17.5 Å². The molecule has 4 heteroatoms. The monoisotopic (exact) mass is 432 g/mol. The Kier molecular flexibility index (Phi) is 4.98. The Morgan fingerprint density at radius 2 is 1.15 bits per heavy atom. The third kappa shape index (κ3) is 3.56. The molecule has 4 aromatic carbocycles. The highest BCUT2D eigenvalue weighted by molar-refractivity contribution is 6.53. The fraction of sp³-hybridized carbons (Fsp3) is 0.0690. The smallest absolute Gasteiger partial charge is 0.335 e. The summed E-state index contributed by atoms with van der Waals surface area (Å²) in [6.07, 6.45) is 0.924. The SMILES string of the molecule is CCc1cccc(-c2ccc3c(c2)-c2cc(-c4cccc(C(=O)O)c4)ccc2C(=O)C3=O)c1. The molecule has 0 unspecified atom stereocenters. The van der Waals surface area contributed by atoms with Gasteiger partial charge in [-0.1, -0.05) is 55.5 Å². The molecule has 33 heavy (non-hydrogen) atoms. The second-order valence-electron chi connectivity index (χ2n) is 8.12. The molecule has 4 aromatic rings. The minimum Gasteiger partial charge on any atom is -0.478 e. The molecule has 0 saturated carbocycles. The van der Waals surface area contributed by atoms with Gasteiger partial charge in [-0.15, -0.1) is 0 Å². The number of Topliss-reactive ketones (excluding diaryl/α,β-unsaturated/α-hetero) is 2. The van der Waals surface area contributed by atoms with E-state index in [0.29, 0.717) is 22.3 Å². The van der Waals surface area contributed by atoms with E-state index < -0.39 is 17.5 Å². The van der Waals surface area contributed by atoms with Crippen molar-refractivity contribution in [2.75, 3.05) is 0 Å². The van der Waals surface area contributed by atoms with E-state index in [1.807, 2.05) is 36.4 Å². The molecule has 0 aromatic heterocycles. The van der Waals surface area contributed by atoms with Crippen molar-refractivity contribution in [1.82, 2.24) is 0 Å². The van der Waals surface area contributed by atoms with Crippen LogP contribution in [-0.4, -0.2) is 22.6 Å². The Bertz CT molecular complexity index is 1460. The van der Waals surface area contributed by atoms with Crippen molar-refractivity contribution in [3.63, 3.8) is 0 Å². The van der Waals surface area contributed by atoms with Gasteiger partial charge in [-0.05, 0) is 81.8 Å². The number of carbonyl (C=O) groups is 3. The molecule has 1 aliphatic rings. The van der Waals surface area contributed by atoms with Gasteiger partial charge in [0.2, 0.25) is 11.6 Å². The highest BCUT2D eigenvalue weighted by Crippen LogP contribution is 2.38. The molecular formula is C29H20O4.